The maximum Gasteiger partial charge on any atom is 0.304 e. The van der Waals surface area contributed by atoms with Gasteiger partial charge in [-0.15, -0.1) is 0 Å². The minimum atomic E-state index is -0.734. The first kappa shape index (κ1) is 54.8. The summed E-state index contributed by atoms with van der Waals surface area (Å²) in [7, 11) is 0. The van der Waals surface area contributed by atoms with E-state index < -0.39 is 5.97 Å². The second-order valence-electron chi connectivity index (χ2n) is 19.8. The van der Waals surface area contributed by atoms with Gasteiger partial charge in [-0.2, -0.15) is 15.5 Å². The second-order valence-corrected chi connectivity index (χ2v) is 21.5. The molecule has 8 unspecified atom stereocenters. The molecule has 2 aliphatic heterocycles. The van der Waals surface area contributed by atoms with Crippen LogP contribution in [0.25, 0.3) is 33.5 Å². The standard InChI is InChI=1S/C27H28Cl2N6O2.C26H30Cl2N6O.C2H6/c1-15-10-17(5-8-24(15)34-9-3-4-19(34)12-25(36)37)23-14-31-26-22(13-30)33-35(27(26)32-23)16(2)20-7-6-18(28)11-21(20)29;1-14-11-17(6-9-22(14)33-10-4-5-23(33)25(29)35)21-13-30-24-15(2)32-34(26(24)31-21)16(3)19-8-7-18(27)12-20(19)28;1-2/h5-7,11,14-16,19,24H,3-4,8-10,12H2,1-2H3,(H,36,37);6-8,12-14,16,22-23H,4-5,9-11H2,1-3H3,(H2,29,35);1-2H3. The number of aromatic nitrogens is 8. The topological polar surface area (TPSA) is 198 Å². The summed E-state index contributed by atoms with van der Waals surface area (Å²) < 4.78 is 3.60. The largest absolute Gasteiger partial charge is 0.481 e. The van der Waals surface area contributed by atoms with Crippen LogP contribution in [-0.2, 0) is 9.59 Å². The van der Waals surface area contributed by atoms with Crippen LogP contribution in [0.4, 0.5) is 0 Å². The molecule has 3 N–H and O–H groups in total. The molecule has 15 nitrogen and oxygen atoms in total. The van der Waals surface area contributed by atoms with Crippen LogP contribution in [0.2, 0.25) is 20.1 Å². The number of allylic oxidation sites excluding steroid dienone is 2. The van der Waals surface area contributed by atoms with Gasteiger partial charge in [-0.25, -0.2) is 29.3 Å². The van der Waals surface area contributed by atoms with Gasteiger partial charge in [0, 0.05) is 38.2 Å². The van der Waals surface area contributed by atoms with Crippen molar-refractivity contribution in [2.45, 2.75) is 143 Å². The third-order valence-electron chi connectivity index (χ3n) is 15.2. The molecule has 19 heteroatoms. The predicted molar refractivity (Wildman–Crippen MR) is 293 cm³/mol. The van der Waals surface area contributed by atoms with Gasteiger partial charge in [0.1, 0.15) is 17.1 Å². The average molecular weight is 1080 g/mol. The van der Waals surface area contributed by atoms with Crippen molar-refractivity contribution in [1.82, 2.24) is 49.3 Å². The number of nitrogens with zero attached hydrogens (tertiary/aromatic N) is 11. The molecule has 6 heterocycles. The highest BCUT2D eigenvalue weighted by atomic mass is 35.5. The number of hydrogen-bond acceptors (Lipinski definition) is 11. The molecule has 4 aromatic heterocycles. The summed E-state index contributed by atoms with van der Waals surface area (Å²) in [5.74, 6) is -0.217. The summed E-state index contributed by atoms with van der Waals surface area (Å²) in [5.41, 5.74) is 14.9. The number of carboxylic acids is 1. The third kappa shape index (κ3) is 11.4. The van der Waals surface area contributed by atoms with Crippen LogP contribution in [0.1, 0.15) is 145 Å². The van der Waals surface area contributed by atoms with Crippen molar-refractivity contribution >= 4 is 91.8 Å². The molecule has 74 heavy (non-hydrogen) atoms. The first-order chi connectivity index (χ1) is 35.5. The van der Waals surface area contributed by atoms with Gasteiger partial charge in [-0.05, 0) is 144 Å². The van der Waals surface area contributed by atoms with Gasteiger partial charge in [-0.1, -0.05) is 98.4 Å². The van der Waals surface area contributed by atoms with Crippen LogP contribution in [0.5, 0.6) is 0 Å². The molecule has 0 saturated carbocycles. The number of halogens is 4. The zero-order chi connectivity index (χ0) is 53.1. The van der Waals surface area contributed by atoms with Crippen molar-refractivity contribution < 1.29 is 14.7 Å². The molecule has 2 saturated heterocycles. The molecule has 2 fully saturated rings. The quantitative estimate of drug-likeness (QED) is 0.125. The molecule has 4 aliphatic rings. The fourth-order valence-corrected chi connectivity index (χ4v) is 12.6. The van der Waals surface area contributed by atoms with Crippen LogP contribution in [0.15, 0.2) is 60.9 Å². The highest BCUT2D eigenvalue weighted by molar-refractivity contribution is 6.35. The Balaban J connectivity index is 0.000000191. The number of amides is 1. The molecule has 10 rings (SSSR count). The summed E-state index contributed by atoms with van der Waals surface area (Å²) in [6.07, 6.45) is 15.5. The van der Waals surface area contributed by atoms with E-state index in [1.54, 1.807) is 29.1 Å². The molecule has 6 aromatic rings. The number of hydrogen-bond donors (Lipinski definition) is 2. The summed E-state index contributed by atoms with van der Waals surface area (Å²) >= 11 is 25.1. The zero-order valence-corrected chi connectivity index (χ0v) is 46.0. The Morgan fingerprint density at radius 2 is 1.27 bits per heavy atom. The number of likely N-dealkylation sites (tertiary alicyclic amines) is 2. The van der Waals surface area contributed by atoms with E-state index in [1.165, 1.54) is 5.57 Å². The van der Waals surface area contributed by atoms with Crippen LogP contribution in [0.3, 0.4) is 0 Å². The molecular weight excluding hydrogens is 1020 g/mol. The predicted octanol–water partition coefficient (Wildman–Crippen LogP) is 11.9. The van der Waals surface area contributed by atoms with Crippen molar-refractivity contribution in [3.05, 3.63) is 115 Å². The Hall–Kier alpha value is -5.47. The first-order valence-corrected chi connectivity index (χ1v) is 27.2. The molecular formula is C55H64Cl4N12O3. The number of nitrogens with two attached hydrogens (primary N) is 1. The fraction of sp³-hybridized carbons (Fsp3) is 0.473. The van der Waals surface area contributed by atoms with E-state index in [9.17, 15) is 20.0 Å². The number of fused-ring (bicyclic) bond motifs is 2. The molecule has 2 aliphatic carbocycles. The van der Waals surface area contributed by atoms with Crippen LogP contribution in [-0.4, -0.2) is 104 Å². The van der Waals surface area contributed by atoms with E-state index >= 15 is 0 Å². The summed E-state index contributed by atoms with van der Waals surface area (Å²) in [4.78, 5) is 47.2. The van der Waals surface area contributed by atoms with Gasteiger partial charge in [0.15, 0.2) is 17.0 Å². The van der Waals surface area contributed by atoms with E-state index in [2.05, 4.69) is 52.0 Å². The van der Waals surface area contributed by atoms with Gasteiger partial charge in [0.25, 0.3) is 0 Å². The van der Waals surface area contributed by atoms with Crippen molar-refractivity contribution in [3.8, 4) is 6.07 Å². The van der Waals surface area contributed by atoms with Gasteiger partial charge in [0.2, 0.25) is 5.91 Å². The number of aliphatic carboxylic acids is 1. The van der Waals surface area contributed by atoms with Crippen LogP contribution >= 0.6 is 46.4 Å². The Labute approximate surface area is 452 Å². The average Bonchev–Trinajstić information content (AvgIpc) is 4.20. The van der Waals surface area contributed by atoms with E-state index in [-0.39, 0.29) is 42.2 Å². The zero-order valence-electron chi connectivity index (χ0n) is 42.9. The summed E-state index contributed by atoms with van der Waals surface area (Å²) in [6, 6.07) is 13.1. The van der Waals surface area contributed by atoms with E-state index in [4.69, 9.17) is 72.2 Å². The van der Waals surface area contributed by atoms with Crippen LogP contribution < -0.4 is 5.73 Å². The van der Waals surface area contributed by atoms with Gasteiger partial charge >= 0.3 is 5.97 Å². The highest BCUT2D eigenvalue weighted by Crippen LogP contribution is 2.40. The molecule has 0 radical (unpaired) electrons. The van der Waals surface area contributed by atoms with Crippen LogP contribution in [0, 0.1) is 30.1 Å². The Morgan fingerprint density at radius 1 is 0.770 bits per heavy atom. The van der Waals surface area contributed by atoms with E-state index in [0.29, 0.717) is 55.2 Å². The Kier molecular flexibility index (Phi) is 17.5. The lowest BCUT2D eigenvalue weighted by Crippen LogP contribution is -2.48. The minimum absolute atomic E-state index is 0.107. The number of aryl methyl sites for hydroxylation is 1. The lowest BCUT2D eigenvalue weighted by atomic mass is 9.83. The molecule has 1 amide bonds. The maximum atomic E-state index is 11.9. The van der Waals surface area contributed by atoms with E-state index in [0.717, 1.165) is 109 Å². The molecule has 0 bridgehead atoms. The number of carbonyl (C=O) groups excluding carboxylic acids is 1. The van der Waals surface area contributed by atoms with Crippen molar-refractivity contribution in [3.63, 3.8) is 0 Å². The smallest absolute Gasteiger partial charge is 0.304 e. The van der Waals surface area contributed by atoms with Crippen molar-refractivity contribution in [1.29, 1.82) is 5.26 Å². The van der Waals surface area contributed by atoms with Crippen molar-refractivity contribution in [2.75, 3.05) is 13.1 Å². The second kappa shape index (κ2) is 23.6. The summed E-state index contributed by atoms with van der Waals surface area (Å²) in [5, 5.41) is 30.5. The normalized spacial score (nSPS) is 23.0. The van der Waals surface area contributed by atoms with Crippen molar-refractivity contribution in [2.24, 2.45) is 17.6 Å². The minimum Gasteiger partial charge on any atom is -0.481 e. The van der Waals surface area contributed by atoms with Gasteiger partial charge in [0.05, 0.1) is 54.0 Å². The fourth-order valence-electron chi connectivity index (χ4n) is 11.5. The molecule has 8 atom stereocenters. The SMILES string of the molecule is CC.CC1CC(c2cnc3c(C#N)nn(C(C)c4ccc(Cl)cc4Cl)c3n2)=CCC1N1CCCC1CC(=O)O.Cc1nn(C(C)c2ccc(Cl)cc2Cl)c2nc(C3=CCC(N4CCCC4C(N)=O)C(C)C3)cnc12. The number of carbonyl (C=O) groups is 2. The van der Waals surface area contributed by atoms with E-state index in [1.807, 2.05) is 63.7 Å². The van der Waals surface area contributed by atoms with Gasteiger partial charge < -0.3 is 10.8 Å². The number of benzene rings is 2. The van der Waals surface area contributed by atoms with Gasteiger partial charge in [-0.3, -0.25) is 19.4 Å². The number of primary amides is 1. The first-order valence-electron chi connectivity index (χ1n) is 25.7. The number of rotatable bonds is 11. The lowest BCUT2D eigenvalue weighted by Gasteiger charge is -2.38. The number of nitriles is 1. The monoisotopic (exact) mass is 1080 g/mol. The lowest BCUT2D eigenvalue weighted by molar-refractivity contribution is -0.138. The Bertz CT molecular complexity index is 3160. The molecule has 390 valence electrons. The summed E-state index contributed by atoms with van der Waals surface area (Å²) in [6.45, 7) is 16.3. The number of carboxylic acid groups (broad SMARTS) is 1. The molecule has 0 spiro atoms. The molecule has 2 aromatic carbocycles. The maximum absolute atomic E-state index is 11.9. The highest BCUT2D eigenvalue weighted by Gasteiger charge is 2.39. The Morgan fingerprint density at radius 3 is 1.78 bits per heavy atom. The third-order valence-corrected chi connectivity index (χ3v) is 16.3.